The molecule has 146 valence electrons. The number of thiazole rings is 1. The van der Waals surface area contributed by atoms with E-state index in [1.165, 1.54) is 17.7 Å². The fourth-order valence-corrected chi connectivity index (χ4v) is 4.61. The Morgan fingerprint density at radius 2 is 2.17 bits per heavy atom. The Kier molecular flexibility index (Phi) is 4.58. The van der Waals surface area contributed by atoms with Crippen molar-refractivity contribution in [2.75, 3.05) is 24.7 Å². The standard InChI is InChI=1S/C20H18N6O2S/c1-21-14-2-3-15-12(10-14)4-7-26(15)17-16-19(23-11-22-17)29-20(25-16)18(27)24-13-5-8-28-9-6-13/h2-3,10-11,13H,4-9H2,(H,24,27). The summed E-state index contributed by atoms with van der Waals surface area (Å²) in [7, 11) is 0. The van der Waals surface area contributed by atoms with Crippen LogP contribution in [0.3, 0.4) is 0 Å². The number of rotatable bonds is 3. The molecule has 29 heavy (non-hydrogen) atoms. The molecule has 2 aliphatic rings. The molecule has 5 rings (SSSR count). The number of benzene rings is 1. The van der Waals surface area contributed by atoms with Crippen LogP contribution in [0.25, 0.3) is 15.2 Å². The van der Waals surface area contributed by atoms with Gasteiger partial charge in [0.2, 0.25) is 0 Å². The van der Waals surface area contributed by atoms with E-state index in [4.69, 9.17) is 11.3 Å². The number of carbonyl (C=O) groups excluding carboxylic acids is 1. The smallest absolute Gasteiger partial charge is 0.280 e. The van der Waals surface area contributed by atoms with Crippen molar-refractivity contribution in [1.29, 1.82) is 0 Å². The van der Waals surface area contributed by atoms with Crippen LogP contribution in [0.4, 0.5) is 17.2 Å². The molecule has 0 saturated carbocycles. The van der Waals surface area contributed by atoms with Gasteiger partial charge in [0.25, 0.3) is 5.91 Å². The lowest BCUT2D eigenvalue weighted by atomic mass is 10.1. The highest BCUT2D eigenvalue weighted by atomic mass is 32.1. The zero-order valence-corrected chi connectivity index (χ0v) is 16.4. The van der Waals surface area contributed by atoms with Crippen molar-refractivity contribution < 1.29 is 9.53 Å². The number of anilines is 2. The maximum absolute atomic E-state index is 12.7. The van der Waals surface area contributed by atoms with Crippen LogP contribution in [0.5, 0.6) is 0 Å². The highest BCUT2D eigenvalue weighted by Gasteiger charge is 2.26. The van der Waals surface area contributed by atoms with Gasteiger partial charge in [0.1, 0.15) is 16.7 Å². The van der Waals surface area contributed by atoms with Gasteiger partial charge < -0.3 is 15.0 Å². The summed E-state index contributed by atoms with van der Waals surface area (Å²) in [6.07, 6.45) is 3.99. The van der Waals surface area contributed by atoms with Crippen molar-refractivity contribution in [3.05, 3.63) is 46.5 Å². The Bertz CT molecular complexity index is 1130. The largest absolute Gasteiger partial charge is 0.381 e. The predicted octanol–water partition coefficient (Wildman–Crippen LogP) is 3.24. The van der Waals surface area contributed by atoms with Gasteiger partial charge in [-0.25, -0.2) is 19.8 Å². The molecular weight excluding hydrogens is 388 g/mol. The van der Waals surface area contributed by atoms with Crippen molar-refractivity contribution >= 4 is 44.8 Å². The Labute approximate surface area is 171 Å². The fourth-order valence-electron chi connectivity index (χ4n) is 3.80. The van der Waals surface area contributed by atoms with E-state index < -0.39 is 0 Å². The number of aromatic nitrogens is 3. The molecule has 1 saturated heterocycles. The van der Waals surface area contributed by atoms with E-state index in [2.05, 4.69) is 30.0 Å². The van der Waals surface area contributed by atoms with Crippen molar-refractivity contribution in [2.24, 2.45) is 0 Å². The molecule has 2 aromatic heterocycles. The lowest BCUT2D eigenvalue weighted by Gasteiger charge is -2.22. The molecule has 0 radical (unpaired) electrons. The molecule has 4 heterocycles. The molecule has 3 aromatic rings. The number of fused-ring (bicyclic) bond motifs is 2. The van der Waals surface area contributed by atoms with Crippen molar-refractivity contribution in [3.63, 3.8) is 0 Å². The molecule has 9 heteroatoms. The first-order chi connectivity index (χ1) is 14.2. The van der Waals surface area contributed by atoms with Gasteiger partial charge in [0.05, 0.1) is 6.57 Å². The quantitative estimate of drug-likeness (QED) is 0.672. The van der Waals surface area contributed by atoms with Gasteiger partial charge in [0.15, 0.2) is 16.5 Å². The van der Waals surface area contributed by atoms with Crippen LogP contribution >= 0.6 is 11.3 Å². The second kappa shape index (κ2) is 7.39. The molecule has 0 aliphatic carbocycles. The third-order valence-electron chi connectivity index (χ3n) is 5.27. The summed E-state index contributed by atoms with van der Waals surface area (Å²) in [6, 6.07) is 5.82. The molecule has 0 atom stereocenters. The van der Waals surface area contributed by atoms with Gasteiger partial charge >= 0.3 is 0 Å². The molecule has 1 amide bonds. The minimum absolute atomic E-state index is 0.121. The number of nitrogens with one attached hydrogen (secondary N) is 1. The minimum atomic E-state index is -0.172. The number of hydrogen-bond acceptors (Lipinski definition) is 7. The summed E-state index contributed by atoms with van der Waals surface area (Å²) >= 11 is 1.28. The van der Waals surface area contributed by atoms with Crippen LogP contribution in [-0.2, 0) is 11.2 Å². The third-order valence-corrected chi connectivity index (χ3v) is 6.23. The normalized spacial score (nSPS) is 16.6. The highest BCUT2D eigenvalue weighted by Crippen LogP contribution is 2.38. The SMILES string of the molecule is [C-]#[N+]c1ccc2c(c1)CCN2c1ncnc2sc(C(=O)NC3CCOCC3)nc12. The van der Waals surface area contributed by atoms with Gasteiger partial charge in [-0.1, -0.05) is 23.5 Å². The number of nitrogens with zero attached hydrogens (tertiary/aromatic N) is 5. The molecule has 0 spiro atoms. The maximum atomic E-state index is 12.7. The summed E-state index contributed by atoms with van der Waals surface area (Å²) < 4.78 is 5.35. The molecule has 8 nitrogen and oxygen atoms in total. The third kappa shape index (κ3) is 3.30. The zero-order valence-electron chi connectivity index (χ0n) is 15.6. The van der Waals surface area contributed by atoms with Crippen molar-refractivity contribution in [3.8, 4) is 0 Å². The van der Waals surface area contributed by atoms with Crippen LogP contribution in [-0.4, -0.2) is 46.7 Å². The summed E-state index contributed by atoms with van der Waals surface area (Å²) in [6.45, 7) is 9.30. The average molecular weight is 406 g/mol. The number of carbonyl (C=O) groups is 1. The topological polar surface area (TPSA) is 84.6 Å². The second-order valence-corrected chi connectivity index (χ2v) is 8.03. The van der Waals surface area contributed by atoms with E-state index in [0.29, 0.717) is 40.1 Å². The number of hydrogen-bond donors (Lipinski definition) is 1. The Balaban J connectivity index is 1.46. The van der Waals surface area contributed by atoms with E-state index in [-0.39, 0.29) is 11.9 Å². The Hall–Kier alpha value is -3.09. The summed E-state index contributed by atoms with van der Waals surface area (Å²) in [5, 5.41) is 3.45. The van der Waals surface area contributed by atoms with E-state index in [9.17, 15) is 4.79 Å². The van der Waals surface area contributed by atoms with Crippen LogP contribution in [0, 0.1) is 6.57 Å². The number of amides is 1. The molecule has 1 aromatic carbocycles. The molecule has 1 N–H and O–H groups in total. The first-order valence-corrected chi connectivity index (χ1v) is 10.3. The van der Waals surface area contributed by atoms with Gasteiger partial charge in [-0.05, 0) is 30.9 Å². The van der Waals surface area contributed by atoms with Crippen LogP contribution in [0.15, 0.2) is 24.5 Å². The molecule has 1 fully saturated rings. The first kappa shape index (κ1) is 18.0. The van der Waals surface area contributed by atoms with Crippen LogP contribution in [0.1, 0.15) is 28.2 Å². The van der Waals surface area contributed by atoms with Crippen LogP contribution in [0.2, 0.25) is 0 Å². The minimum Gasteiger partial charge on any atom is -0.381 e. The van der Waals surface area contributed by atoms with Gasteiger partial charge in [0, 0.05) is 31.5 Å². The van der Waals surface area contributed by atoms with Gasteiger partial charge in [-0.15, -0.1) is 0 Å². The lowest BCUT2D eigenvalue weighted by Crippen LogP contribution is -2.38. The molecular formula is C20H18N6O2S. The van der Waals surface area contributed by atoms with Crippen LogP contribution < -0.4 is 10.2 Å². The van der Waals surface area contributed by atoms with E-state index >= 15 is 0 Å². The first-order valence-electron chi connectivity index (χ1n) is 9.51. The second-order valence-electron chi connectivity index (χ2n) is 7.06. The van der Waals surface area contributed by atoms with E-state index in [1.54, 1.807) is 0 Å². The molecule has 2 aliphatic heterocycles. The monoisotopic (exact) mass is 406 g/mol. The van der Waals surface area contributed by atoms with Crippen molar-refractivity contribution in [1.82, 2.24) is 20.3 Å². The summed E-state index contributed by atoms with van der Waals surface area (Å²) in [5.74, 6) is 0.528. The Morgan fingerprint density at radius 1 is 1.31 bits per heavy atom. The lowest BCUT2D eigenvalue weighted by molar-refractivity contribution is 0.0696. The molecule has 0 unspecified atom stereocenters. The Morgan fingerprint density at radius 3 is 3.00 bits per heavy atom. The zero-order chi connectivity index (χ0) is 19.8. The fraction of sp³-hybridized carbons (Fsp3) is 0.350. The van der Waals surface area contributed by atoms with Gasteiger partial charge in [-0.3, -0.25) is 4.79 Å². The number of ether oxygens (including phenoxy) is 1. The average Bonchev–Trinajstić information content (AvgIpc) is 3.38. The van der Waals surface area contributed by atoms with Crippen molar-refractivity contribution in [2.45, 2.75) is 25.3 Å². The summed E-state index contributed by atoms with van der Waals surface area (Å²) in [4.78, 5) is 32.4. The highest BCUT2D eigenvalue weighted by molar-refractivity contribution is 7.20. The maximum Gasteiger partial charge on any atom is 0.280 e. The van der Waals surface area contributed by atoms with E-state index in [1.807, 2.05) is 18.2 Å². The van der Waals surface area contributed by atoms with Gasteiger partial charge in [-0.2, -0.15) is 0 Å². The summed E-state index contributed by atoms with van der Waals surface area (Å²) in [5.41, 5.74) is 3.42. The predicted molar refractivity (Wildman–Crippen MR) is 110 cm³/mol. The van der Waals surface area contributed by atoms with E-state index in [0.717, 1.165) is 37.1 Å². The molecule has 0 bridgehead atoms.